The van der Waals surface area contributed by atoms with Gasteiger partial charge in [-0.2, -0.15) is 0 Å². The Balaban J connectivity index is 0.00000133. The van der Waals surface area contributed by atoms with E-state index in [2.05, 4.69) is 16.8 Å². The third-order valence-corrected chi connectivity index (χ3v) is 4.60. The number of carbonyl (C=O) groups is 1. The van der Waals surface area contributed by atoms with Crippen molar-refractivity contribution in [2.45, 2.75) is 25.4 Å². The molecule has 1 fully saturated rings. The van der Waals surface area contributed by atoms with Crippen LogP contribution in [-0.2, 0) is 22.5 Å². The second-order valence-electron chi connectivity index (χ2n) is 4.86. The molecule has 19 heavy (non-hydrogen) atoms. The van der Waals surface area contributed by atoms with E-state index in [1.165, 1.54) is 10.4 Å². The Labute approximate surface area is 123 Å². The smallest absolute Gasteiger partial charge is 0.224 e. The zero-order valence-electron chi connectivity index (χ0n) is 10.8. The van der Waals surface area contributed by atoms with Crippen LogP contribution in [0, 0.1) is 0 Å². The average Bonchev–Trinajstić information content (AvgIpc) is 2.87. The molecule has 2 aliphatic rings. The van der Waals surface area contributed by atoms with Crippen LogP contribution in [-0.4, -0.2) is 43.2 Å². The summed E-state index contributed by atoms with van der Waals surface area (Å²) in [5.41, 5.74) is 1.33. The normalized spacial score (nSPS) is 22.5. The largest absolute Gasteiger partial charge is 0.378 e. The van der Waals surface area contributed by atoms with Crippen LogP contribution in [0.3, 0.4) is 0 Å². The average molecular weight is 303 g/mol. The number of halogens is 1. The maximum absolute atomic E-state index is 12.2. The predicted molar refractivity (Wildman–Crippen MR) is 77.9 cm³/mol. The van der Waals surface area contributed by atoms with E-state index in [1.54, 1.807) is 11.3 Å². The summed E-state index contributed by atoms with van der Waals surface area (Å²) in [7, 11) is 0. The van der Waals surface area contributed by atoms with Crippen molar-refractivity contribution in [3.63, 3.8) is 0 Å². The number of thiophene rings is 1. The fourth-order valence-corrected chi connectivity index (χ4v) is 3.44. The third-order valence-electron chi connectivity index (χ3n) is 3.58. The molecule has 1 aromatic heterocycles. The number of hydrogen-bond acceptors (Lipinski definition) is 4. The Hall–Kier alpha value is -0.620. The summed E-state index contributed by atoms with van der Waals surface area (Å²) in [5, 5.41) is 5.45. The minimum Gasteiger partial charge on any atom is -0.378 e. The van der Waals surface area contributed by atoms with Crippen LogP contribution in [0.2, 0.25) is 0 Å². The number of hydrogen-bond donors (Lipinski definition) is 1. The number of fused-ring (bicyclic) bond motifs is 1. The van der Waals surface area contributed by atoms with Gasteiger partial charge in [0.25, 0.3) is 0 Å². The molecule has 1 atom stereocenters. The van der Waals surface area contributed by atoms with Crippen molar-refractivity contribution in [2.24, 2.45) is 0 Å². The predicted octanol–water partition coefficient (Wildman–Crippen LogP) is 1.43. The van der Waals surface area contributed by atoms with Crippen molar-refractivity contribution < 1.29 is 9.53 Å². The molecule has 1 saturated heterocycles. The van der Waals surface area contributed by atoms with Gasteiger partial charge in [0.15, 0.2) is 0 Å². The molecule has 0 radical (unpaired) electrons. The first-order valence-corrected chi connectivity index (χ1v) is 7.35. The Kier molecular flexibility index (Phi) is 5.21. The fraction of sp³-hybridized carbons (Fsp3) is 0.615. The molecule has 0 aliphatic carbocycles. The van der Waals surface area contributed by atoms with Crippen molar-refractivity contribution in [1.82, 2.24) is 10.2 Å². The molecule has 1 unspecified atom stereocenters. The SMILES string of the molecule is Cl.O=C(CC1COCCN1)N1CCc2sccc2C1. The molecule has 4 nitrogen and oxygen atoms in total. The van der Waals surface area contributed by atoms with E-state index in [0.29, 0.717) is 13.0 Å². The van der Waals surface area contributed by atoms with Crippen LogP contribution in [0.1, 0.15) is 16.9 Å². The number of ether oxygens (including phenoxy) is 1. The summed E-state index contributed by atoms with van der Waals surface area (Å²) in [4.78, 5) is 15.7. The highest BCUT2D eigenvalue weighted by molar-refractivity contribution is 7.10. The summed E-state index contributed by atoms with van der Waals surface area (Å²) in [6.07, 6.45) is 1.56. The molecule has 0 aromatic carbocycles. The van der Waals surface area contributed by atoms with E-state index >= 15 is 0 Å². The minimum atomic E-state index is 0. The lowest BCUT2D eigenvalue weighted by molar-refractivity contribution is -0.133. The third kappa shape index (κ3) is 3.48. The monoisotopic (exact) mass is 302 g/mol. The van der Waals surface area contributed by atoms with E-state index in [-0.39, 0.29) is 24.4 Å². The van der Waals surface area contributed by atoms with Gasteiger partial charge in [-0.3, -0.25) is 4.79 Å². The molecule has 0 bridgehead atoms. The van der Waals surface area contributed by atoms with Crippen molar-refractivity contribution >= 4 is 29.7 Å². The molecule has 3 rings (SSSR count). The molecule has 0 spiro atoms. The molecule has 1 N–H and O–H groups in total. The van der Waals surface area contributed by atoms with Gasteiger partial charge in [-0.1, -0.05) is 0 Å². The number of morpholine rings is 1. The summed E-state index contributed by atoms with van der Waals surface area (Å²) in [5.74, 6) is 0.245. The summed E-state index contributed by atoms with van der Waals surface area (Å²) >= 11 is 1.80. The highest BCUT2D eigenvalue weighted by Gasteiger charge is 2.24. The maximum Gasteiger partial charge on any atom is 0.224 e. The number of rotatable bonds is 2. The minimum absolute atomic E-state index is 0. The fourth-order valence-electron chi connectivity index (χ4n) is 2.55. The van der Waals surface area contributed by atoms with Crippen molar-refractivity contribution in [3.05, 3.63) is 21.9 Å². The van der Waals surface area contributed by atoms with Crippen LogP contribution < -0.4 is 5.32 Å². The van der Waals surface area contributed by atoms with Gasteiger partial charge < -0.3 is 15.0 Å². The van der Waals surface area contributed by atoms with Gasteiger partial charge in [-0.15, -0.1) is 23.7 Å². The molecule has 6 heteroatoms. The molecule has 106 valence electrons. The van der Waals surface area contributed by atoms with E-state index < -0.39 is 0 Å². The van der Waals surface area contributed by atoms with E-state index in [9.17, 15) is 4.79 Å². The zero-order chi connectivity index (χ0) is 12.4. The Morgan fingerprint density at radius 1 is 1.58 bits per heavy atom. The van der Waals surface area contributed by atoms with Crippen molar-refractivity contribution in [2.75, 3.05) is 26.3 Å². The van der Waals surface area contributed by atoms with Crippen LogP contribution in [0.4, 0.5) is 0 Å². The topological polar surface area (TPSA) is 41.6 Å². The molecule has 2 aliphatic heterocycles. The van der Waals surface area contributed by atoms with Crippen LogP contribution in [0.15, 0.2) is 11.4 Å². The van der Waals surface area contributed by atoms with Gasteiger partial charge in [0.1, 0.15) is 0 Å². The van der Waals surface area contributed by atoms with Gasteiger partial charge in [-0.25, -0.2) is 0 Å². The van der Waals surface area contributed by atoms with Gasteiger partial charge in [0.2, 0.25) is 5.91 Å². The quantitative estimate of drug-likeness (QED) is 0.899. The number of nitrogens with zero attached hydrogens (tertiary/aromatic N) is 1. The molecule has 0 saturated carbocycles. The zero-order valence-corrected chi connectivity index (χ0v) is 12.4. The van der Waals surface area contributed by atoms with Gasteiger partial charge in [-0.05, 0) is 23.4 Å². The first-order chi connectivity index (χ1) is 8.83. The molecule has 1 amide bonds. The van der Waals surface area contributed by atoms with Gasteiger partial charge in [0.05, 0.1) is 13.2 Å². The molecule has 1 aromatic rings. The van der Waals surface area contributed by atoms with Gasteiger partial charge in [0, 0.05) is 37.0 Å². The lowest BCUT2D eigenvalue weighted by Gasteiger charge is -2.30. The van der Waals surface area contributed by atoms with Crippen LogP contribution in [0.25, 0.3) is 0 Å². The highest BCUT2D eigenvalue weighted by Crippen LogP contribution is 2.24. The molecule has 3 heterocycles. The first kappa shape index (κ1) is 14.8. The Morgan fingerprint density at radius 2 is 2.47 bits per heavy atom. The lowest BCUT2D eigenvalue weighted by Crippen LogP contribution is -2.45. The second kappa shape index (κ2) is 6.70. The van der Waals surface area contributed by atoms with Gasteiger partial charge >= 0.3 is 0 Å². The Morgan fingerprint density at radius 3 is 3.26 bits per heavy atom. The summed E-state index contributed by atoms with van der Waals surface area (Å²) in [6.45, 7) is 3.91. The van der Waals surface area contributed by atoms with E-state index in [0.717, 1.165) is 32.7 Å². The van der Waals surface area contributed by atoms with Crippen LogP contribution >= 0.6 is 23.7 Å². The second-order valence-corrected chi connectivity index (χ2v) is 5.87. The number of carbonyl (C=O) groups excluding carboxylic acids is 1. The summed E-state index contributed by atoms with van der Waals surface area (Å²) < 4.78 is 5.38. The van der Waals surface area contributed by atoms with E-state index in [1.807, 2.05) is 4.90 Å². The molecular weight excluding hydrogens is 284 g/mol. The summed E-state index contributed by atoms with van der Waals surface area (Å²) in [6, 6.07) is 2.33. The van der Waals surface area contributed by atoms with Crippen molar-refractivity contribution in [1.29, 1.82) is 0 Å². The standard InChI is InChI=1S/C13H18N2O2S.ClH/c16-13(7-11-9-17-5-3-14-11)15-4-1-12-10(8-15)2-6-18-12;/h2,6,11,14H,1,3-5,7-9H2;1H. The van der Waals surface area contributed by atoms with Crippen molar-refractivity contribution in [3.8, 4) is 0 Å². The van der Waals surface area contributed by atoms with E-state index in [4.69, 9.17) is 4.74 Å². The Bertz CT molecular complexity index is 432. The maximum atomic E-state index is 12.2. The molecular formula is C13H19ClN2O2S. The lowest BCUT2D eigenvalue weighted by atomic mass is 10.1. The first-order valence-electron chi connectivity index (χ1n) is 6.47. The number of amides is 1. The number of nitrogens with one attached hydrogen (secondary N) is 1. The van der Waals surface area contributed by atoms with Crippen LogP contribution in [0.5, 0.6) is 0 Å². The highest BCUT2D eigenvalue weighted by atomic mass is 35.5.